The summed E-state index contributed by atoms with van der Waals surface area (Å²) in [6, 6.07) is -0.447. The third-order valence-corrected chi connectivity index (χ3v) is 3.09. The van der Waals surface area contributed by atoms with Crippen LogP contribution in [0.4, 0.5) is 5.82 Å². The Hall–Kier alpha value is -1.69. The average Bonchev–Trinajstić information content (AvgIpc) is 2.34. The molecule has 1 aliphatic rings. The van der Waals surface area contributed by atoms with Gasteiger partial charge in [-0.15, -0.1) is 0 Å². The van der Waals surface area contributed by atoms with Gasteiger partial charge in [0.2, 0.25) is 11.2 Å². The number of carbonyl (C=O) groups is 2. The first kappa shape index (κ1) is 12.8. The smallest absolute Gasteiger partial charge is 0.251 e. The Morgan fingerprint density at radius 1 is 1.50 bits per heavy atom. The minimum Gasteiger partial charge on any atom is -0.358 e. The predicted molar refractivity (Wildman–Crippen MR) is 66.2 cm³/mol. The lowest BCUT2D eigenvalue weighted by Gasteiger charge is -2.28. The highest BCUT2D eigenvalue weighted by atomic mass is 35.5. The number of rotatable bonds is 2. The molecule has 0 saturated carbocycles. The molecule has 18 heavy (non-hydrogen) atoms. The number of likely N-dealkylation sites (tertiary alicyclic amines) is 1. The van der Waals surface area contributed by atoms with E-state index in [0.29, 0.717) is 18.7 Å². The van der Waals surface area contributed by atoms with Gasteiger partial charge in [-0.05, 0) is 24.9 Å². The monoisotopic (exact) mass is 268 g/mol. The van der Waals surface area contributed by atoms with Crippen LogP contribution in [0.15, 0.2) is 6.20 Å². The Morgan fingerprint density at radius 2 is 2.22 bits per heavy atom. The van der Waals surface area contributed by atoms with Crippen molar-refractivity contribution in [2.75, 3.05) is 12.4 Å². The summed E-state index contributed by atoms with van der Waals surface area (Å²) in [5, 5.41) is 3.13. The van der Waals surface area contributed by atoms with Gasteiger partial charge < -0.3 is 5.32 Å². The molecule has 1 N–H and O–H groups in total. The molecular weight excluding hydrogens is 256 g/mol. The van der Waals surface area contributed by atoms with Crippen LogP contribution in [-0.2, 0) is 9.59 Å². The fourth-order valence-corrected chi connectivity index (χ4v) is 1.91. The number of piperidine rings is 1. The van der Waals surface area contributed by atoms with E-state index in [9.17, 15) is 9.59 Å². The number of amides is 2. The second-order valence-corrected chi connectivity index (χ2v) is 4.54. The summed E-state index contributed by atoms with van der Waals surface area (Å²) >= 11 is 5.71. The third kappa shape index (κ3) is 2.43. The van der Waals surface area contributed by atoms with Gasteiger partial charge in [0.25, 0.3) is 5.91 Å². The summed E-state index contributed by atoms with van der Waals surface area (Å²) in [4.78, 5) is 32.3. The average molecular weight is 269 g/mol. The van der Waals surface area contributed by atoms with Gasteiger partial charge in [-0.2, -0.15) is 0 Å². The van der Waals surface area contributed by atoms with Gasteiger partial charge in [-0.1, -0.05) is 0 Å². The third-order valence-electron chi connectivity index (χ3n) is 2.90. The molecule has 0 radical (unpaired) electrons. The minimum absolute atomic E-state index is 0.121. The van der Waals surface area contributed by atoms with Crippen LogP contribution >= 0.6 is 11.6 Å². The largest absolute Gasteiger partial charge is 0.358 e. The highest BCUT2D eigenvalue weighted by Crippen LogP contribution is 2.19. The molecular formula is C11H13ClN4O2. The number of anilines is 1. The predicted octanol–water partition coefficient (Wildman–Crippen LogP) is 0.998. The number of hydrogen-bond donors (Lipinski definition) is 1. The van der Waals surface area contributed by atoms with Crippen LogP contribution in [0.3, 0.4) is 0 Å². The molecule has 96 valence electrons. The highest BCUT2D eigenvalue weighted by molar-refractivity contribution is 6.28. The number of nitrogens with one attached hydrogen (secondary N) is 1. The van der Waals surface area contributed by atoms with Crippen LogP contribution in [0.2, 0.25) is 5.28 Å². The Morgan fingerprint density at radius 3 is 2.94 bits per heavy atom. The van der Waals surface area contributed by atoms with E-state index in [1.165, 1.54) is 7.05 Å². The van der Waals surface area contributed by atoms with Crippen LogP contribution in [-0.4, -0.2) is 39.8 Å². The van der Waals surface area contributed by atoms with E-state index in [0.717, 1.165) is 10.5 Å². The molecule has 1 aliphatic heterocycles. The number of halogens is 1. The lowest BCUT2D eigenvalue weighted by molar-refractivity contribution is -0.146. The number of nitrogens with zero attached hydrogens (tertiary/aromatic N) is 3. The first-order valence-electron chi connectivity index (χ1n) is 5.55. The number of aryl methyl sites for hydroxylation is 1. The van der Waals surface area contributed by atoms with E-state index < -0.39 is 6.04 Å². The van der Waals surface area contributed by atoms with Crippen LogP contribution in [0.1, 0.15) is 18.4 Å². The van der Waals surface area contributed by atoms with Crippen molar-refractivity contribution in [2.24, 2.45) is 0 Å². The van der Waals surface area contributed by atoms with Crippen molar-refractivity contribution in [3.63, 3.8) is 0 Å². The maximum absolute atomic E-state index is 11.9. The second kappa shape index (κ2) is 4.89. The van der Waals surface area contributed by atoms with Crippen LogP contribution < -0.4 is 5.32 Å². The normalized spacial score (nSPS) is 20.2. The van der Waals surface area contributed by atoms with Crippen molar-refractivity contribution in [3.8, 4) is 0 Å². The van der Waals surface area contributed by atoms with Crippen molar-refractivity contribution in [1.82, 2.24) is 14.9 Å². The Bertz CT molecular complexity index is 506. The molecule has 0 aliphatic carbocycles. The minimum atomic E-state index is -0.447. The first-order chi connectivity index (χ1) is 8.49. The van der Waals surface area contributed by atoms with Crippen LogP contribution in [0.25, 0.3) is 0 Å². The Balaban J connectivity index is 2.16. The van der Waals surface area contributed by atoms with Gasteiger partial charge in [-0.25, -0.2) is 9.97 Å². The lowest BCUT2D eigenvalue weighted by Crippen LogP contribution is -2.48. The molecule has 1 aromatic rings. The molecule has 6 nitrogen and oxygen atoms in total. The van der Waals surface area contributed by atoms with E-state index >= 15 is 0 Å². The zero-order valence-electron chi connectivity index (χ0n) is 10.1. The first-order valence-corrected chi connectivity index (χ1v) is 5.93. The zero-order chi connectivity index (χ0) is 13.3. The van der Waals surface area contributed by atoms with Gasteiger partial charge in [-0.3, -0.25) is 14.5 Å². The van der Waals surface area contributed by atoms with Crippen molar-refractivity contribution < 1.29 is 9.59 Å². The number of imide groups is 1. The molecule has 0 bridgehead atoms. The summed E-state index contributed by atoms with van der Waals surface area (Å²) in [5.74, 6) is 0.118. The topological polar surface area (TPSA) is 75.2 Å². The summed E-state index contributed by atoms with van der Waals surface area (Å²) in [6.07, 6.45) is 2.39. The molecule has 1 saturated heterocycles. The lowest BCUT2D eigenvalue weighted by atomic mass is 10.0. The van der Waals surface area contributed by atoms with Gasteiger partial charge >= 0.3 is 0 Å². The quantitative estimate of drug-likeness (QED) is 0.640. The zero-order valence-corrected chi connectivity index (χ0v) is 10.9. The summed E-state index contributed by atoms with van der Waals surface area (Å²) < 4.78 is 0. The number of carbonyl (C=O) groups excluding carboxylic acids is 2. The molecule has 2 amide bonds. The highest BCUT2D eigenvalue weighted by Gasteiger charge is 2.32. The van der Waals surface area contributed by atoms with Gasteiger partial charge in [0.15, 0.2) is 0 Å². The molecule has 0 aromatic carbocycles. The molecule has 2 heterocycles. The summed E-state index contributed by atoms with van der Waals surface area (Å²) in [7, 11) is 1.48. The maximum Gasteiger partial charge on any atom is 0.251 e. The van der Waals surface area contributed by atoms with Gasteiger partial charge in [0.1, 0.15) is 11.9 Å². The molecule has 2 rings (SSSR count). The molecule has 1 fully saturated rings. The standard InChI is InChI=1S/C11H13ClN4O2/c1-6-5-13-11(12)15-9(6)14-7-3-4-8(17)16(2)10(7)18/h5,7H,3-4H2,1-2H3,(H,13,14,15). The second-order valence-electron chi connectivity index (χ2n) is 4.20. The van der Waals surface area contributed by atoms with E-state index in [4.69, 9.17) is 11.6 Å². The Labute approximate surface area is 109 Å². The number of aromatic nitrogens is 2. The van der Waals surface area contributed by atoms with E-state index in [1.807, 2.05) is 6.92 Å². The van der Waals surface area contributed by atoms with Crippen LogP contribution in [0.5, 0.6) is 0 Å². The molecule has 1 unspecified atom stereocenters. The van der Waals surface area contributed by atoms with Gasteiger partial charge in [0, 0.05) is 25.2 Å². The Kier molecular flexibility index (Phi) is 3.47. The number of hydrogen-bond acceptors (Lipinski definition) is 5. The maximum atomic E-state index is 11.9. The summed E-state index contributed by atoms with van der Waals surface area (Å²) in [6.45, 7) is 1.82. The summed E-state index contributed by atoms with van der Waals surface area (Å²) in [5.41, 5.74) is 0.798. The van der Waals surface area contributed by atoms with Crippen molar-refractivity contribution in [3.05, 3.63) is 17.0 Å². The van der Waals surface area contributed by atoms with E-state index in [1.54, 1.807) is 6.20 Å². The van der Waals surface area contributed by atoms with E-state index in [2.05, 4.69) is 15.3 Å². The fourth-order valence-electron chi connectivity index (χ4n) is 1.78. The fraction of sp³-hybridized carbons (Fsp3) is 0.455. The SMILES string of the molecule is Cc1cnc(Cl)nc1NC1CCC(=O)N(C)C1=O. The number of likely N-dealkylation sites (N-methyl/N-ethyl adjacent to an activating group) is 1. The van der Waals surface area contributed by atoms with Crippen molar-refractivity contribution >= 4 is 29.2 Å². The molecule has 1 atom stereocenters. The van der Waals surface area contributed by atoms with Crippen LogP contribution in [0, 0.1) is 6.92 Å². The van der Waals surface area contributed by atoms with Crippen molar-refractivity contribution in [2.45, 2.75) is 25.8 Å². The van der Waals surface area contributed by atoms with Gasteiger partial charge in [0.05, 0.1) is 0 Å². The van der Waals surface area contributed by atoms with E-state index in [-0.39, 0.29) is 17.1 Å². The van der Waals surface area contributed by atoms with Crippen molar-refractivity contribution in [1.29, 1.82) is 0 Å². The molecule has 1 aromatic heterocycles. The molecule has 0 spiro atoms. The molecule has 7 heteroatoms.